The number of aliphatic hydroxyl groups excluding tert-OH is 8. The molecule has 0 spiro atoms. The van der Waals surface area contributed by atoms with Crippen LogP contribution in [0.1, 0.15) is 97.3 Å². The lowest BCUT2D eigenvalue weighted by Crippen LogP contribution is -2.25. The molecule has 0 bridgehead atoms. The van der Waals surface area contributed by atoms with Gasteiger partial charge in [0.1, 0.15) is 5.78 Å². The minimum Gasteiger partial charge on any atom is -0.393 e. The summed E-state index contributed by atoms with van der Waals surface area (Å²) >= 11 is 0. The van der Waals surface area contributed by atoms with Crippen LogP contribution in [0.4, 0.5) is 0 Å². The van der Waals surface area contributed by atoms with E-state index in [1.807, 2.05) is 0 Å². The third-order valence-electron chi connectivity index (χ3n) is 6.64. The third-order valence-corrected chi connectivity index (χ3v) is 6.64. The molecule has 0 rings (SSSR count). The molecule has 240 valence electrons. The normalized spacial score (nSPS) is 18.1. The Bertz CT molecular complexity index is 747. The Morgan fingerprint density at radius 1 is 0.659 bits per heavy atom. The summed E-state index contributed by atoms with van der Waals surface area (Å²) in [6.45, 7) is 3.69. The molecule has 0 fully saturated rings. The number of carbonyl (C=O) groups is 2. The zero-order valence-electron chi connectivity index (χ0n) is 24.7. The first-order chi connectivity index (χ1) is 19.3. The Kier molecular flexibility index (Phi) is 22.8. The lowest BCUT2D eigenvalue weighted by atomic mass is 9.99. The van der Waals surface area contributed by atoms with Gasteiger partial charge in [0.25, 0.3) is 0 Å². The van der Waals surface area contributed by atoms with E-state index in [9.17, 15) is 50.4 Å². The first kappa shape index (κ1) is 39.3. The fraction of sp³-hybridized carbons (Fsp3) is 0.800. The molecule has 1 amide bonds. The number of hydrogen-bond donors (Lipinski definition) is 9. The van der Waals surface area contributed by atoms with Crippen molar-refractivity contribution in [2.24, 2.45) is 0 Å². The number of carbonyl (C=O) groups excluding carboxylic acids is 2. The maximum Gasteiger partial charge on any atom is 0.216 e. The summed E-state index contributed by atoms with van der Waals surface area (Å²) < 4.78 is 0. The van der Waals surface area contributed by atoms with E-state index in [1.54, 1.807) is 19.1 Å². The third kappa shape index (κ3) is 24.6. The predicted octanol–water partition coefficient (Wildman–Crippen LogP) is 0.782. The van der Waals surface area contributed by atoms with Gasteiger partial charge in [-0.05, 0) is 57.8 Å². The van der Waals surface area contributed by atoms with E-state index >= 15 is 0 Å². The van der Waals surface area contributed by atoms with Crippen LogP contribution in [0.5, 0.6) is 0 Å². The number of unbranched alkanes of at least 4 members (excludes halogenated alkanes) is 1. The topological polar surface area (TPSA) is 208 Å². The Hall–Kier alpha value is -1.70. The van der Waals surface area contributed by atoms with Crippen molar-refractivity contribution in [1.29, 1.82) is 0 Å². The van der Waals surface area contributed by atoms with Gasteiger partial charge in [-0.1, -0.05) is 31.2 Å². The van der Waals surface area contributed by atoms with E-state index in [0.717, 1.165) is 6.42 Å². The number of ketones is 1. The van der Waals surface area contributed by atoms with E-state index < -0.39 is 48.8 Å². The van der Waals surface area contributed by atoms with Crippen molar-refractivity contribution < 1.29 is 50.4 Å². The van der Waals surface area contributed by atoms with Crippen molar-refractivity contribution in [3.05, 3.63) is 24.3 Å². The highest BCUT2D eigenvalue weighted by molar-refractivity contribution is 5.78. The van der Waals surface area contributed by atoms with Crippen LogP contribution in [0, 0.1) is 0 Å². The molecule has 8 unspecified atom stereocenters. The SMILES string of the molecule is CCC(=O)CC(O)CC(O)CC(O)/C=C/CC(O)CC(O)CC(O)CC(O)/C=C/CCCC(O)CCCNC(C)=O. The summed E-state index contributed by atoms with van der Waals surface area (Å²) in [7, 11) is 0. The average molecular weight is 590 g/mol. The highest BCUT2D eigenvalue weighted by Gasteiger charge is 2.19. The summed E-state index contributed by atoms with van der Waals surface area (Å²) in [5.74, 6) is -0.191. The quantitative estimate of drug-likeness (QED) is 0.0540. The molecule has 0 aliphatic rings. The summed E-state index contributed by atoms with van der Waals surface area (Å²) in [6.07, 6.45) is 2.84. The number of hydrogen-bond acceptors (Lipinski definition) is 10. The molecule has 41 heavy (non-hydrogen) atoms. The molecule has 11 nitrogen and oxygen atoms in total. The summed E-state index contributed by atoms with van der Waals surface area (Å²) in [5, 5.41) is 83.0. The molecule has 0 radical (unpaired) electrons. The van der Waals surface area contributed by atoms with Gasteiger partial charge < -0.3 is 46.2 Å². The first-order valence-corrected chi connectivity index (χ1v) is 14.9. The van der Waals surface area contributed by atoms with Gasteiger partial charge in [-0.2, -0.15) is 0 Å². The van der Waals surface area contributed by atoms with E-state index in [2.05, 4.69) is 5.32 Å². The minimum atomic E-state index is -1.00. The van der Waals surface area contributed by atoms with Crippen molar-refractivity contribution in [2.45, 2.75) is 146 Å². The van der Waals surface area contributed by atoms with Crippen molar-refractivity contribution in [3.63, 3.8) is 0 Å². The second kappa shape index (κ2) is 23.8. The minimum absolute atomic E-state index is 0.00313. The van der Waals surface area contributed by atoms with Gasteiger partial charge in [0.15, 0.2) is 0 Å². The molecular weight excluding hydrogens is 534 g/mol. The molecule has 9 N–H and O–H groups in total. The van der Waals surface area contributed by atoms with E-state index in [1.165, 1.54) is 19.1 Å². The van der Waals surface area contributed by atoms with Crippen molar-refractivity contribution in [1.82, 2.24) is 5.32 Å². The van der Waals surface area contributed by atoms with Crippen LogP contribution in [0.2, 0.25) is 0 Å². The van der Waals surface area contributed by atoms with Crippen molar-refractivity contribution >= 4 is 11.7 Å². The van der Waals surface area contributed by atoms with Crippen molar-refractivity contribution in [3.8, 4) is 0 Å². The number of aliphatic hydroxyl groups is 8. The summed E-state index contributed by atoms with van der Waals surface area (Å²) in [6, 6.07) is 0. The fourth-order valence-corrected chi connectivity index (χ4v) is 4.40. The number of allylic oxidation sites excluding steroid dienone is 1. The molecule has 0 saturated heterocycles. The molecule has 0 aromatic rings. The van der Waals surface area contributed by atoms with E-state index in [-0.39, 0.29) is 56.6 Å². The molecule has 0 aliphatic carbocycles. The highest BCUT2D eigenvalue weighted by atomic mass is 16.3. The maximum atomic E-state index is 11.3. The van der Waals surface area contributed by atoms with E-state index in [0.29, 0.717) is 38.6 Å². The fourth-order valence-electron chi connectivity index (χ4n) is 4.40. The largest absolute Gasteiger partial charge is 0.393 e. The van der Waals surface area contributed by atoms with Crippen LogP contribution in [0.15, 0.2) is 24.3 Å². The maximum absolute atomic E-state index is 11.3. The van der Waals surface area contributed by atoms with E-state index in [4.69, 9.17) is 0 Å². The number of rotatable bonds is 25. The van der Waals surface area contributed by atoms with Gasteiger partial charge in [0.2, 0.25) is 5.91 Å². The molecule has 0 saturated carbocycles. The Balaban J connectivity index is 4.10. The smallest absolute Gasteiger partial charge is 0.216 e. The summed E-state index contributed by atoms with van der Waals surface area (Å²) in [4.78, 5) is 22.2. The molecular formula is C30H55NO10. The van der Waals surface area contributed by atoms with Gasteiger partial charge >= 0.3 is 0 Å². The van der Waals surface area contributed by atoms with Gasteiger partial charge in [-0.15, -0.1) is 0 Å². The lowest BCUT2D eigenvalue weighted by Gasteiger charge is -2.19. The molecule has 0 aromatic carbocycles. The highest BCUT2D eigenvalue weighted by Crippen LogP contribution is 2.15. The van der Waals surface area contributed by atoms with Gasteiger partial charge in [-0.3, -0.25) is 9.59 Å². The number of Topliss-reactive ketones (excluding diaryl/α,β-unsaturated/α-hetero) is 1. The van der Waals surface area contributed by atoms with Crippen LogP contribution in [0.25, 0.3) is 0 Å². The van der Waals surface area contributed by atoms with Gasteiger partial charge in [-0.25, -0.2) is 0 Å². The van der Waals surface area contributed by atoms with Crippen LogP contribution in [-0.2, 0) is 9.59 Å². The molecule has 11 heteroatoms. The Morgan fingerprint density at radius 3 is 1.76 bits per heavy atom. The second-order valence-electron chi connectivity index (χ2n) is 11.0. The predicted molar refractivity (Wildman–Crippen MR) is 156 cm³/mol. The molecule has 8 atom stereocenters. The molecule has 0 aromatic heterocycles. The second-order valence-corrected chi connectivity index (χ2v) is 11.0. The van der Waals surface area contributed by atoms with Gasteiger partial charge in [0.05, 0.1) is 48.8 Å². The van der Waals surface area contributed by atoms with Crippen LogP contribution in [-0.4, -0.2) is 108 Å². The monoisotopic (exact) mass is 589 g/mol. The zero-order chi connectivity index (χ0) is 31.2. The standard InChI is InChI=1S/C30H55NO10/c1-3-22(33)15-27(38)19-29(40)17-25(36)11-7-12-26(37)18-30(41)20-28(39)16-24(35)10-6-4-5-9-23(34)13-8-14-31-21(2)32/h6-7,10-11,23-30,34-41H,3-5,8-9,12-20H2,1-2H3,(H,31,32)/b10-6+,11-7+. The first-order valence-electron chi connectivity index (χ1n) is 14.9. The Labute approximate surface area is 244 Å². The average Bonchev–Trinajstić information content (AvgIpc) is 2.85. The molecule has 0 heterocycles. The van der Waals surface area contributed by atoms with Crippen LogP contribution >= 0.6 is 0 Å². The molecule has 0 aliphatic heterocycles. The zero-order valence-corrected chi connectivity index (χ0v) is 24.7. The lowest BCUT2D eigenvalue weighted by molar-refractivity contribution is -0.121. The van der Waals surface area contributed by atoms with Crippen LogP contribution in [0.3, 0.4) is 0 Å². The van der Waals surface area contributed by atoms with Gasteiger partial charge in [0, 0.05) is 39.2 Å². The summed E-state index contributed by atoms with van der Waals surface area (Å²) in [5.41, 5.74) is 0. The van der Waals surface area contributed by atoms with Crippen molar-refractivity contribution in [2.75, 3.05) is 6.54 Å². The number of nitrogens with one attached hydrogen (secondary N) is 1. The number of amides is 1. The Morgan fingerprint density at radius 2 is 1.17 bits per heavy atom. The van der Waals surface area contributed by atoms with Crippen LogP contribution < -0.4 is 5.32 Å².